The quantitative estimate of drug-likeness (QED) is 0.793. The van der Waals surface area contributed by atoms with Gasteiger partial charge in [-0.1, -0.05) is 13.8 Å². The fourth-order valence-electron chi connectivity index (χ4n) is 2.17. The van der Waals surface area contributed by atoms with Gasteiger partial charge in [-0.2, -0.15) is 0 Å². The number of carboxylic acid groups (broad SMARTS) is 1. The van der Waals surface area contributed by atoms with Crippen LogP contribution < -0.4 is 4.74 Å². The van der Waals surface area contributed by atoms with Crippen molar-refractivity contribution < 1.29 is 19.7 Å². The fourth-order valence-corrected chi connectivity index (χ4v) is 2.62. The van der Waals surface area contributed by atoms with Crippen LogP contribution >= 0.6 is 15.9 Å². The summed E-state index contributed by atoms with van der Waals surface area (Å²) in [7, 11) is 0. The molecule has 116 valence electrons. The van der Waals surface area contributed by atoms with E-state index in [9.17, 15) is 9.90 Å². The number of benzene rings is 2. The van der Waals surface area contributed by atoms with Gasteiger partial charge in [-0.15, -0.1) is 0 Å². The van der Waals surface area contributed by atoms with Gasteiger partial charge in [0, 0.05) is 5.56 Å². The summed E-state index contributed by atoms with van der Waals surface area (Å²) in [5, 5.41) is 19.1. The molecule has 2 N–H and O–H groups in total. The van der Waals surface area contributed by atoms with Gasteiger partial charge in [0.05, 0.1) is 10.0 Å². The highest BCUT2D eigenvalue weighted by atomic mass is 79.9. The highest BCUT2D eigenvalue weighted by Crippen LogP contribution is 2.38. The Labute approximate surface area is 137 Å². The van der Waals surface area contributed by atoms with Crippen LogP contribution in [0.15, 0.2) is 34.8 Å². The Kier molecular flexibility index (Phi) is 4.76. The average molecular weight is 365 g/mol. The zero-order valence-corrected chi connectivity index (χ0v) is 14.1. The molecule has 0 amide bonds. The molecule has 0 bridgehead atoms. The Morgan fingerprint density at radius 1 is 1.18 bits per heavy atom. The highest BCUT2D eigenvalue weighted by Gasteiger charge is 2.13. The molecule has 0 aliphatic heterocycles. The Bertz CT molecular complexity index is 723. The molecule has 2 aromatic rings. The van der Waals surface area contributed by atoms with Crippen LogP contribution in [-0.4, -0.2) is 16.2 Å². The molecule has 0 aliphatic carbocycles. The summed E-state index contributed by atoms with van der Waals surface area (Å²) in [5.41, 5.74) is 1.66. The Hall–Kier alpha value is -2.01. The molecule has 22 heavy (non-hydrogen) atoms. The number of halogens is 1. The van der Waals surface area contributed by atoms with Crippen LogP contribution in [0.5, 0.6) is 17.2 Å². The zero-order chi connectivity index (χ0) is 16.4. The van der Waals surface area contributed by atoms with E-state index in [2.05, 4.69) is 15.9 Å². The first-order valence-corrected chi connectivity index (χ1v) is 7.63. The van der Waals surface area contributed by atoms with Gasteiger partial charge in [0.25, 0.3) is 0 Å². The van der Waals surface area contributed by atoms with E-state index >= 15 is 0 Å². The van der Waals surface area contributed by atoms with Gasteiger partial charge in [-0.05, 0) is 64.7 Å². The number of hydrogen-bond donors (Lipinski definition) is 2. The summed E-state index contributed by atoms with van der Waals surface area (Å²) in [6, 6.07) is 8.28. The molecule has 5 heteroatoms. The van der Waals surface area contributed by atoms with Crippen molar-refractivity contribution >= 4 is 21.9 Å². The first kappa shape index (κ1) is 16.4. The predicted molar refractivity (Wildman–Crippen MR) is 88.1 cm³/mol. The number of rotatable bonds is 4. The second-order valence-corrected chi connectivity index (χ2v) is 6.24. The van der Waals surface area contributed by atoms with E-state index in [4.69, 9.17) is 9.84 Å². The van der Waals surface area contributed by atoms with Gasteiger partial charge in [0.2, 0.25) is 0 Å². The molecule has 2 rings (SSSR count). The number of aromatic carboxylic acids is 1. The summed E-state index contributed by atoms with van der Waals surface area (Å²) >= 11 is 3.32. The van der Waals surface area contributed by atoms with Crippen LogP contribution in [-0.2, 0) is 0 Å². The lowest BCUT2D eigenvalue weighted by Crippen LogP contribution is -1.99. The van der Waals surface area contributed by atoms with E-state index in [1.54, 1.807) is 31.2 Å². The lowest BCUT2D eigenvalue weighted by atomic mass is 10.0. The Morgan fingerprint density at radius 2 is 1.86 bits per heavy atom. The molecule has 0 atom stereocenters. The monoisotopic (exact) mass is 364 g/mol. The molecule has 0 saturated carbocycles. The summed E-state index contributed by atoms with van der Waals surface area (Å²) in [6.45, 7) is 5.69. The first-order valence-electron chi connectivity index (χ1n) is 6.83. The standard InChI is InChI=1S/C17H17BrO4/c1-9(2)14-7-12(8-15(18)16(14)19)22-11-4-5-13(17(20)21)10(3)6-11/h4-9,19H,1-3H3,(H,20,21). The fraction of sp³-hybridized carbons (Fsp3) is 0.235. The number of carboxylic acids is 1. The molecule has 0 radical (unpaired) electrons. The topological polar surface area (TPSA) is 66.8 Å². The molecule has 2 aromatic carbocycles. The normalized spacial score (nSPS) is 10.8. The van der Waals surface area contributed by atoms with Crippen molar-refractivity contribution in [3.05, 3.63) is 51.5 Å². The number of phenols is 1. The third kappa shape index (κ3) is 3.42. The van der Waals surface area contributed by atoms with E-state index in [1.807, 2.05) is 13.8 Å². The number of aryl methyl sites for hydroxylation is 1. The van der Waals surface area contributed by atoms with Gasteiger partial charge < -0.3 is 14.9 Å². The molecule has 0 aromatic heterocycles. The number of phenolic OH excluding ortho intramolecular Hbond substituents is 1. The van der Waals surface area contributed by atoms with Crippen LogP contribution in [0.25, 0.3) is 0 Å². The smallest absolute Gasteiger partial charge is 0.335 e. The van der Waals surface area contributed by atoms with Crippen LogP contribution in [0.4, 0.5) is 0 Å². The van der Waals surface area contributed by atoms with Crippen molar-refractivity contribution in [2.24, 2.45) is 0 Å². The van der Waals surface area contributed by atoms with E-state index < -0.39 is 5.97 Å². The zero-order valence-electron chi connectivity index (χ0n) is 12.6. The molecular formula is C17H17BrO4. The third-order valence-corrected chi connectivity index (χ3v) is 3.96. The van der Waals surface area contributed by atoms with Gasteiger partial charge in [0.15, 0.2) is 0 Å². The molecule has 0 unspecified atom stereocenters. The number of ether oxygens (including phenoxy) is 1. The largest absolute Gasteiger partial charge is 0.506 e. The van der Waals surface area contributed by atoms with Gasteiger partial charge in [-0.3, -0.25) is 0 Å². The van der Waals surface area contributed by atoms with E-state index in [0.29, 0.717) is 21.5 Å². The molecule has 4 nitrogen and oxygen atoms in total. The highest BCUT2D eigenvalue weighted by molar-refractivity contribution is 9.10. The minimum absolute atomic E-state index is 0.149. The lowest BCUT2D eigenvalue weighted by Gasteiger charge is -2.14. The first-order chi connectivity index (χ1) is 10.3. The molecule has 0 heterocycles. The molecular weight excluding hydrogens is 348 g/mol. The summed E-state index contributed by atoms with van der Waals surface area (Å²) in [5.74, 6) is 0.528. The van der Waals surface area contributed by atoms with Crippen molar-refractivity contribution in [2.75, 3.05) is 0 Å². The van der Waals surface area contributed by atoms with Gasteiger partial charge >= 0.3 is 5.97 Å². The number of hydrogen-bond acceptors (Lipinski definition) is 3. The van der Waals surface area contributed by atoms with Crippen LogP contribution in [0, 0.1) is 6.92 Å². The second-order valence-electron chi connectivity index (χ2n) is 5.38. The van der Waals surface area contributed by atoms with Gasteiger partial charge in [0.1, 0.15) is 17.2 Å². The maximum absolute atomic E-state index is 11.0. The Balaban J connectivity index is 2.35. The van der Waals surface area contributed by atoms with Crippen LogP contribution in [0.2, 0.25) is 0 Å². The predicted octanol–water partition coefficient (Wildman–Crippen LogP) is 5.08. The summed E-state index contributed by atoms with van der Waals surface area (Å²) in [6.07, 6.45) is 0. The van der Waals surface area contributed by atoms with E-state index in [-0.39, 0.29) is 17.2 Å². The minimum Gasteiger partial charge on any atom is -0.506 e. The summed E-state index contributed by atoms with van der Waals surface area (Å²) in [4.78, 5) is 11.0. The molecule has 0 spiro atoms. The maximum Gasteiger partial charge on any atom is 0.335 e. The average Bonchev–Trinajstić information content (AvgIpc) is 2.42. The third-order valence-electron chi connectivity index (χ3n) is 3.35. The summed E-state index contributed by atoms with van der Waals surface area (Å²) < 4.78 is 6.35. The lowest BCUT2D eigenvalue weighted by molar-refractivity contribution is 0.0696. The molecule has 0 saturated heterocycles. The Morgan fingerprint density at radius 3 is 2.41 bits per heavy atom. The van der Waals surface area contributed by atoms with E-state index in [0.717, 1.165) is 5.56 Å². The minimum atomic E-state index is -0.960. The number of carbonyl (C=O) groups is 1. The van der Waals surface area contributed by atoms with E-state index in [1.165, 1.54) is 6.07 Å². The van der Waals surface area contributed by atoms with Crippen LogP contribution in [0.3, 0.4) is 0 Å². The maximum atomic E-state index is 11.0. The molecule has 0 aliphatic rings. The second kappa shape index (κ2) is 6.40. The molecule has 0 fully saturated rings. The van der Waals surface area contributed by atoms with Crippen molar-refractivity contribution in [1.29, 1.82) is 0 Å². The van der Waals surface area contributed by atoms with Crippen molar-refractivity contribution in [3.8, 4) is 17.2 Å². The van der Waals surface area contributed by atoms with Crippen LogP contribution in [0.1, 0.15) is 41.3 Å². The van der Waals surface area contributed by atoms with Crippen molar-refractivity contribution in [3.63, 3.8) is 0 Å². The van der Waals surface area contributed by atoms with Crippen molar-refractivity contribution in [2.45, 2.75) is 26.7 Å². The number of aromatic hydroxyl groups is 1. The van der Waals surface area contributed by atoms with Crippen molar-refractivity contribution in [1.82, 2.24) is 0 Å². The van der Waals surface area contributed by atoms with Gasteiger partial charge in [-0.25, -0.2) is 4.79 Å². The SMILES string of the molecule is Cc1cc(Oc2cc(Br)c(O)c(C(C)C)c2)ccc1C(=O)O.